The van der Waals surface area contributed by atoms with Gasteiger partial charge >= 0.3 is 0 Å². The first-order chi connectivity index (χ1) is 8.72. The molecule has 0 aliphatic heterocycles. The molecule has 0 bridgehead atoms. The molecule has 18 heavy (non-hydrogen) atoms. The number of aryl methyl sites for hydroxylation is 1. The molecule has 0 fully saturated rings. The molecule has 0 atom stereocenters. The predicted molar refractivity (Wildman–Crippen MR) is 73.8 cm³/mol. The molecule has 1 aromatic carbocycles. The topological polar surface area (TPSA) is 36.7 Å². The van der Waals surface area contributed by atoms with E-state index in [-0.39, 0.29) is 5.82 Å². The highest BCUT2D eigenvalue weighted by Gasteiger charge is 2.05. The van der Waals surface area contributed by atoms with E-state index in [1.165, 1.54) is 12.1 Å². The highest BCUT2D eigenvalue weighted by molar-refractivity contribution is 5.89. The van der Waals surface area contributed by atoms with Crippen molar-refractivity contribution >= 4 is 10.8 Å². The van der Waals surface area contributed by atoms with Crippen molar-refractivity contribution in [3.8, 4) is 6.07 Å². The Bertz CT molecular complexity index is 542. The third-order valence-corrected chi connectivity index (χ3v) is 2.16. The Morgan fingerprint density at radius 2 is 1.67 bits per heavy atom. The van der Waals surface area contributed by atoms with Crippen LogP contribution in [0.15, 0.2) is 24.5 Å². The molecule has 0 radical (unpaired) electrons. The number of nitriles is 1. The lowest BCUT2D eigenvalue weighted by Crippen LogP contribution is -1.87. The molecule has 0 spiro atoms. The second-order valence-electron chi connectivity index (χ2n) is 3.12. The quantitative estimate of drug-likeness (QED) is 0.680. The van der Waals surface area contributed by atoms with Gasteiger partial charge in [-0.05, 0) is 30.0 Å². The van der Waals surface area contributed by atoms with E-state index in [4.69, 9.17) is 5.26 Å². The Kier molecular flexibility index (Phi) is 7.30. The average molecular weight is 246 g/mol. The molecule has 0 saturated carbocycles. The molecular formula is C15H19FN2. The summed E-state index contributed by atoms with van der Waals surface area (Å²) < 4.78 is 13.1. The van der Waals surface area contributed by atoms with Gasteiger partial charge in [0.25, 0.3) is 0 Å². The molecule has 1 aromatic heterocycles. The van der Waals surface area contributed by atoms with Crippen molar-refractivity contribution in [3.63, 3.8) is 0 Å². The Balaban J connectivity index is 0.000000659. The minimum atomic E-state index is -0.386. The molecule has 2 rings (SSSR count). The van der Waals surface area contributed by atoms with Crippen LogP contribution in [-0.2, 0) is 0 Å². The first-order valence-corrected chi connectivity index (χ1v) is 6.16. The monoisotopic (exact) mass is 246 g/mol. The number of aromatic nitrogens is 1. The van der Waals surface area contributed by atoms with Gasteiger partial charge in [0.05, 0.1) is 11.6 Å². The van der Waals surface area contributed by atoms with Crippen LogP contribution in [0.5, 0.6) is 0 Å². The second-order valence-corrected chi connectivity index (χ2v) is 3.12. The van der Waals surface area contributed by atoms with Crippen LogP contribution in [-0.4, -0.2) is 4.98 Å². The van der Waals surface area contributed by atoms with Gasteiger partial charge in [-0.1, -0.05) is 27.7 Å². The summed E-state index contributed by atoms with van der Waals surface area (Å²) >= 11 is 0. The maximum Gasteiger partial charge on any atom is 0.125 e. The number of hydrogen-bond acceptors (Lipinski definition) is 2. The number of fused-ring (bicyclic) bond motifs is 1. The third-order valence-electron chi connectivity index (χ3n) is 2.16. The lowest BCUT2D eigenvalue weighted by atomic mass is 10.0. The minimum absolute atomic E-state index is 0.330. The van der Waals surface area contributed by atoms with E-state index in [9.17, 15) is 4.39 Å². The van der Waals surface area contributed by atoms with Gasteiger partial charge in [0.1, 0.15) is 5.82 Å². The zero-order valence-corrected chi connectivity index (χ0v) is 11.6. The molecular weight excluding hydrogens is 227 g/mol. The van der Waals surface area contributed by atoms with Gasteiger partial charge in [-0.15, -0.1) is 0 Å². The Labute approximate surface area is 108 Å². The summed E-state index contributed by atoms with van der Waals surface area (Å²) in [5.74, 6) is -0.386. The van der Waals surface area contributed by atoms with E-state index < -0.39 is 0 Å². The highest BCUT2D eigenvalue weighted by Crippen LogP contribution is 2.21. The molecule has 2 nitrogen and oxygen atoms in total. The first-order valence-electron chi connectivity index (χ1n) is 6.16. The SMILES string of the molecule is CC.CC.Cc1cncc2c(C#N)cc(F)cc12. The van der Waals surface area contributed by atoms with Gasteiger partial charge in [0.2, 0.25) is 0 Å². The Morgan fingerprint density at radius 3 is 2.22 bits per heavy atom. The predicted octanol–water partition coefficient (Wildman–Crippen LogP) is 4.61. The summed E-state index contributed by atoms with van der Waals surface area (Å²) in [4.78, 5) is 3.98. The second kappa shape index (κ2) is 8.19. The van der Waals surface area contributed by atoms with Crippen molar-refractivity contribution in [3.05, 3.63) is 41.5 Å². The summed E-state index contributed by atoms with van der Waals surface area (Å²) in [6.07, 6.45) is 3.24. The summed E-state index contributed by atoms with van der Waals surface area (Å²) in [6.45, 7) is 9.84. The van der Waals surface area contributed by atoms with Gasteiger partial charge in [0.15, 0.2) is 0 Å². The fraction of sp³-hybridized carbons (Fsp3) is 0.333. The third kappa shape index (κ3) is 3.53. The number of halogens is 1. The Morgan fingerprint density at radius 1 is 1.06 bits per heavy atom. The normalized spacial score (nSPS) is 8.50. The minimum Gasteiger partial charge on any atom is -0.264 e. The maximum absolute atomic E-state index is 13.1. The van der Waals surface area contributed by atoms with Crippen molar-refractivity contribution in [1.29, 1.82) is 5.26 Å². The number of rotatable bonds is 0. The maximum atomic E-state index is 13.1. The zero-order chi connectivity index (χ0) is 14.1. The smallest absolute Gasteiger partial charge is 0.125 e. The average Bonchev–Trinajstić information content (AvgIpc) is 2.43. The molecule has 96 valence electrons. The number of benzene rings is 1. The van der Waals surface area contributed by atoms with Crippen LogP contribution in [0.2, 0.25) is 0 Å². The van der Waals surface area contributed by atoms with Crippen molar-refractivity contribution in [1.82, 2.24) is 4.98 Å². The standard InChI is InChI=1S/C11H7FN2.2C2H6/c1-7-5-14-6-11-8(4-13)2-9(12)3-10(7)11;2*1-2/h2-3,5-6H,1H3;2*1-2H3. The van der Waals surface area contributed by atoms with Crippen LogP contribution < -0.4 is 0 Å². The van der Waals surface area contributed by atoms with Gasteiger partial charge in [0, 0.05) is 17.8 Å². The van der Waals surface area contributed by atoms with Gasteiger partial charge in [-0.3, -0.25) is 4.98 Å². The molecule has 0 amide bonds. The van der Waals surface area contributed by atoms with E-state index in [1.807, 2.05) is 40.7 Å². The summed E-state index contributed by atoms with van der Waals surface area (Å²) in [6, 6.07) is 4.61. The largest absolute Gasteiger partial charge is 0.264 e. The van der Waals surface area contributed by atoms with Crippen LogP contribution in [0.4, 0.5) is 4.39 Å². The fourth-order valence-electron chi connectivity index (χ4n) is 1.47. The van der Waals surface area contributed by atoms with Crippen molar-refractivity contribution in [2.45, 2.75) is 34.6 Å². The molecule has 0 unspecified atom stereocenters. The van der Waals surface area contributed by atoms with E-state index in [2.05, 4.69) is 4.98 Å². The molecule has 1 heterocycles. The number of nitrogens with zero attached hydrogens (tertiary/aromatic N) is 2. The molecule has 2 aromatic rings. The van der Waals surface area contributed by atoms with Crippen LogP contribution in [0.1, 0.15) is 38.8 Å². The summed E-state index contributed by atoms with van der Waals surface area (Å²) in [5, 5.41) is 10.3. The van der Waals surface area contributed by atoms with E-state index >= 15 is 0 Å². The first kappa shape index (κ1) is 16.1. The van der Waals surface area contributed by atoms with Crippen LogP contribution in [0, 0.1) is 24.1 Å². The fourth-order valence-corrected chi connectivity index (χ4v) is 1.47. The van der Waals surface area contributed by atoms with Crippen LogP contribution >= 0.6 is 0 Å². The molecule has 0 saturated heterocycles. The lowest BCUT2D eigenvalue weighted by molar-refractivity contribution is 0.629. The highest BCUT2D eigenvalue weighted by atomic mass is 19.1. The Hall–Kier alpha value is -1.95. The lowest BCUT2D eigenvalue weighted by Gasteiger charge is -2.02. The zero-order valence-electron chi connectivity index (χ0n) is 11.6. The molecule has 0 aliphatic rings. The van der Waals surface area contributed by atoms with E-state index in [1.54, 1.807) is 12.4 Å². The van der Waals surface area contributed by atoms with Gasteiger partial charge in [-0.2, -0.15) is 5.26 Å². The van der Waals surface area contributed by atoms with Gasteiger partial charge < -0.3 is 0 Å². The van der Waals surface area contributed by atoms with Crippen molar-refractivity contribution in [2.75, 3.05) is 0 Å². The van der Waals surface area contributed by atoms with Gasteiger partial charge in [-0.25, -0.2) is 4.39 Å². The number of hydrogen-bond donors (Lipinski definition) is 0. The van der Waals surface area contributed by atoms with Crippen molar-refractivity contribution < 1.29 is 4.39 Å². The summed E-state index contributed by atoms with van der Waals surface area (Å²) in [7, 11) is 0. The molecule has 0 aliphatic carbocycles. The molecule has 3 heteroatoms. The summed E-state index contributed by atoms with van der Waals surface area (Å²) in [5.41, 5.74) is 1.20. The van der Waals surface area contributed by atoms with Crippen molar-refractivity contribution in [2.24, 2.45) is 0 Å². The number of pyridine rings is 1. The van der Waals surface area contributed by atoms with E-state index in [0.29, 0.717) is 10.9 Å². The molecule has 0 N–H and O–H groups in total. The van der Waals surface area contributed by atoms with Crippen LogP contribution in [0.3, 0.4) is 0 Å². The van der Waals surface area contributed by atoms with E-state index in [0.717, 1.165) is 10.9 Å². The van der Waals surface area contributed by atoms with Crippen LogP contribution in [0.25, 0.3) is 10.8 Å².